The molecule has 0 aromatic heterocycles. The van der Waals surface area contributed by atoms with Crippen LogP contribution in [0, 0.1) is 0 Å². The van der Waals surface area contributed by atoms with Gasteiger partial charge in [0.2, 0.25) is 5.91 Å². The Labute approximate surface area is 168 Å². The molecule has 1 heterocycles. The Balaban J connectivity index is 1.67. The van der Waals surface area contributed by atoms with E-state index in [0.29, 0.717) is 17.1 Å². The molecule has 0 spiro atoms. The molecule has 1 aliphatic rings. The highest BCUT2D eigenvalue weighted by atomic mass is 16.5. The van der Waals surface area contributed by atoms with Gasteiger partial charge in [0, 0.05) is 6.54 Å². The number of amides is 4. The lowest BCUT2D eigenvalue weighted by Crippen LogP contribution is -2.43. The number of ether oxygens (including phenoxy) is 2. The van der Waals surface area contributed by atoms with Crippen molar-refractivity contribution in [2.75, 3.05) is 20.8 Å². The minimum Gasteiger partial charge on any atom is -0.497 e. The maximum atomic E-state index is 12.9. The van der Waals surface area contributed by atoms with E-state index in [-0.39, 0.29) is 13.1 Å². The summed E-state index contributed by atoms with van der Waals surface area (Å²) in [4.78, 5) is 38.6. The van der Waals surface area contributed by atoms with Crippen LogP contribution >= 0.6 is 0 Å². The number of nitrogens with zero attached hydrogens (tertiary/aromatic N) is 1. The summed E-state index contributed by atoms with van der Waals surface area (Å²) < 4.78 is 10.3. The van der Waals surface area contributed by atoms with Gasteiger partial charge in [-0.2, -0.15) is 0 Å². The second-order valence-electron chi connectivity index (χ2n) is 6.81. The molecule has 3 rings (SSSR count). The zero-order chi connectivity index (χ0) is 21.0. The number of hydrogen-bond donors (Lipinski definition) is 2. The fraction of sp³-hybridized carbons (Fsp3) is 0.286. The lowest BCUT2D eigenvalue weighted by molar-refractivity contribution is -0.134. The van der Waals surface area contributed by atoms with Crippen molar-refractivity contribution < 1.29 is 23.9 Å². The summed E-state index contributed by atoms with van der Waals surface area (Å²) in [6.45, 7) is 1.50. The molecule has 1 aliphatic heterocycles. The average molecular weight is 397 g/mol. The van der Waals surface area contributed by atoms with E-state index in [9.17, 15) is 14.4 Å². The first-order valence-electron chi connectivity index (χ1n) is 9.05. The first-order chi connectivity index (χ1) is 13.9. The van der Waals surface area contributed by atoms with Crippen LogP contribution in [0.5, 0.6) is 11.5 Å². The number of hydrogen-bond acceptors (Lipinski definition) is 5. The van der Waals surface area contributed by atoms with Gasteiger partial charge >= 0.3 is 6.03 Å². The van der Waals surface area contributed by atoms with Crippen LogP contribution in [0.15, 0.2) is 48.5 Å². The maximum absolute atomic E-state index is 12.9. The molecule has 2 aromatic rings. The van der Waals surface area contributed by atoms with Crippen molar-refractivity contribution in [1.82, 2.24) is 15.5 Å². The van der Waals surface area contributed by atoms with Gasteiger partial charge in [-0.15, -0.1) is 0 Å². The number of methoxy groups -OCH3 is 2. The molecule has 0 aliphatic carbocycles. The highest BCUT2D eigenvalue weighted by Gasteiger charge is 2.49. The molecule has 8 heteroatoms. The van der Waals surface area contributed by atoms with E-state index in [1.165, 1.54) is 7.11 Å². The smallest absolute Gasteiger partial charge is 0.325 e. The van der Waals surface area contributed by atoms with Gasteiger partial charge in [0.1, 0.15) is 23.6 Å². The molecular weight excluding hydrogens is 374 g/mol. The molecule has 29 heavy (non-hydrogen) atoms. The van der Waals surface area contributed by atoms with Gasteiger partial charge < -0.3 is 20.1 Å². The van der Waals surface area contributed by atoms with Gasteiger partial charge in [-0.1, -0.05) is 24.3 Å². The van der Waals surface area contributed by atoms with E-state index < -0.39 is 23.4 Å². The van der Waals surface area contributed by atoms with Gasteiger partial charge in [-0.25, -0.2) is 4.79 Å². The van der Waals surface area contributed by atoms with E-state index in [0.717, 1.165) is 10.5 Å². The van der Waals surface area contributed by atoms with Gasteiger partial charge in [0.15, 0.2) is 0 Å². The largest absolute Gasteiger partial charge is 0.497 e. The normalized spacial score (nSPS) is 18.4. The summed E-state index contributed by atoms with van der Waals surface area (Å²) in [6, 6.07) is 13.6. The highest BCUT2D eigenvalue weighted by Crippen LogP contribution is 2.30. The standard InChI is InChI=1S/C21H23N3O5/c1-21(15-7-5-9-17(11-15)29-3)19(26)24(20(27)23-21)13-18(25)22-12-14-6-4-8-16(10-14)28-2/h4-11H,12-13H2,1-3H3,(H,22,25)(H,23,27). The van der Waals surface area contributed by atoms with E-state index in [1.807, 2.05) is 12.1 Å². The predicted molar refractivity (Wildman–Crippen MR) is 105 cm³/mol. The van der Waals surface area contributed by atoms with Crippen molar-refractivity contribution in [3.63, 3.8) is 0 Å². The van der Waals surface area contributed by atoms with E-state index in [1.54, 1.807) is 50.4 Å². The quantitative estimate of drug-likeness (QED) is 0.695. The van der Waals surface area contributed by atoms with Crippen molar-refractivity contribution >= 4 is 17.8 Å². The lowest BCUT2D eigenvalue weighted by Gasteiger charge is -2.22. The van der Waals surface area contributed by atoms with Crippen LogP contribution in [0.4, 0.5) is 4.79 Å². The van der Waals surface area contributed by atoms with Crippen LogP contribution in [0.3, 0.4) is 0 Å². The summed E-state index contributed by atoms with van der Waals surface area (Å²) in [7, 11) is 3.09. The van der Waals surface area contributed by atoms with Crippen LogP contribution in [-0.2, 0) is 21.7 Å². The zero-order valence-electron chi connectivity index (χ0n) is 16.5. The van der Waals surface area contributed by atoms with Crippen molar-refractivity contribution in [2.45, 2.75) is 19.0 Å². The lowest BCUT2D eigenvalue weighted by atomic mass is 9.92. The number of rotatable bonds is 7. The molecule has 152 valence electrons. The molecule has 0 saturated carbocycles. The van der Waals surface area contributed by atoms with Crippen LogP contribution in [0.1, 0.15) is 18.1 Å². The number of carbonyl (C=O) groups excluding carboxylic acids is 3. The van der Waals surface area contributed by atoms with Crippen LogP contribution < -0.4 is 20.1 Å². The molecule has 2 aromatic carbocycles. The van der Waals surface area contributed by atoms with Gasteiger partial charge in [-0.3, -0.25) is 14.5 Å². The van der Waals surface area contributed by atoms with Crippen molar-refractivity contribution in [1.29, 1.82) is 0 Å². The number of urea groups is 1. The summed E-state index contributed by atoms with van der Waals surface area (Å²) in [5.74, 6) is 0.318. The molecular formula is C21H23N3O5. The minimum atomic E-state index is -1.27. The van der Waals surface area contributed by atoms with Gasteiger partial charge in [-0.05, 0) is 42.3 Å². The monoisotopic (exact) mass is 397 g/mol. The summed E-state index contributed by atoms with van der Waals surface area (Å²) in [5.41, 5.74) is 0.157. The Morgan fingerprint density at radius 2 is 1.72 bits per heavy atom. The van der Waals surface area contributed by atoms with E-state index in [2.05, 4.69) is 10.6 Å². The van der Waals surface area contributed by atoms with Crippen molar-refractivity contribution in [3.05, 3.63) is 59.7 Å². The summed E-state index contributed by atoms with van der Waals surface area (Å²) in [6.07, 6.45) is 0. The number of nitrogens with one attached hydrogen (secondary N) is 2. The molecule has 8 nitrogen and oxygen atoms in total. The van der Waals surface area contributed by atoms with E-state index in [4.69, 9.17) is 9.47 Å². The molecule has 1 unspecified atom stereocenters. The molecule has 0 radical (unpaired) electrons. The summed E-state index contributed by atoms with van der Waals surface area (Å²) >= 11 is 0. The Bertz CT molecular complexity index is 945. The van der Waals surface area contributed by atoms with Crippen molar-refractivity contribution in [2.24, 2.45) is 0 Å². The number of benzene rings is 2. The minimum absolute atomic E-state index is 0.257. The van der Waals surface area contributed by atoms with Crippen LogP contribution in [-0.4, -0.2) is 43.5 Å². The van der Waals surface area contributed by atoms with Crippen LogP contribution in [0.25, 0.3) is 0 Å². The van der Waals surface area contributed by atoms with Gasteiger partial charge in [0.05, 0.1) is 14.2 Å². The Hall–Kier alpha value is -3.55. The van der Waals surface area contributed by atoms with Crippen molar-refractivity contribution in [3.8, 4) is 11.5 Å². The third-order valence-corrected chi connectivity index (χ3v) is 4.85. The van der Waals surface area contributed by atoms with Gasteiger partial charge in [0.25, 0.3) is 5.91 Å². The topological polar surface area (TPSA) is 97.0 Å². The Morgan fingerprint density at radius 1 is 1.07 bits per heavy atom. The third kappa shape index (κ3) is 4.16. The molecule has 1 atom stereocenters. The number of imide groups is 1. The molecule has 1 saturated heterocycles. The number of carbonyl (C=O) groups is 3. The molecule has 2 N–H and O–H groups in total. The third-order valence-electron chi connectivity index (χ3n) is 4.85. The summed E-state index contributed by atoms with van der Waals surface area (Å²) in [5, 5.41) is 5.39. The SMILES string of the molecule is COc1cccc(CNC(=O)CN2C(=O)NC(C)(c3cccc(OC)c3)C2=O)c1. The molecule has 0 bridgehead atoms. The fourth-order valence-corrected chi connectivity index (χ4v) is 3.15. The maximum Gasteiger partial charge on any atom is 0.325 e. The fourth-order valence-electron chi connectivity index (χ4n) is 3.15. The average Bonchev–Trinajstić information content (AvgIpc) is 2.96. The Kier molecular flexibility index (Phi) is 5.72. The first kappa shape index (κ1) is 20.2. The second kappa shape index (κ2) is 8.22. The van der Waals surface area contributed by atoms with E-state index >= 15 is 0 Å². The highest BCUT2D eigenvalue weighted by molar-refractivity contribution is 6.09. The zero-order valence-corrected chi connectivity index (χ0v) is 16.5. The Morgan fingerprint density at radius 3 is 2.41 bits per heavy atom. The second-order valence-corrected chi connectivity index (χ2v) is 6.81. The predicted octanol–water partition coefficient (Wildman–Crippen LogP) is 1.79. The molecule has 1 fully saturated rings. The molecule has 4 amide bonds. The first-order valence-corrected chi connectivity index (χ1v) is 9.05. The van der Waals surface area contributed by atoms with Crippen LogP contribution in [0.2, 0.25) is 0 Å².